The Morgan fingerprint density at radius 2 is 1.68 bits per heavy atom. The van der Waals surface area contributed by atoms with E-state index in [0.29, 0.717) is 12.2 Å². The van der Waals surface area contributed by atoms with Crippen LogP contribution in [0, 0.1) is 13.8 Å². The number of rotatable bonds is 5. The fourth-order valence-corrected chi connectivity index (χ4v) is 2.87. The molecular weight excluding hydrogens is 312 g/mol. The van der Waals surface area contributed by atoms with Gasteiger partial charge in [-0.05, 0) is 55.3 Å². The van der Waals surface area contributed by atoms with Gasteiger partial charge in [0.1, 0.15) is 0 Å². The molecule has 3 aromatic rings. The molecular formula is C21H20N2O2. The molecule has 3 rings (SSSR count). The summed E-state index contributed by atoms with van der Waals surface area (Å²) < 4.78 is 0. The van der Waals surface area contributed by atoms with Crippen LogP contribution in [0.4, 0.5) is 11.4 Å². The largest absolute Gasteiger partial charge is 0.478 e. The molecule has 0 saturated heterocycles. The van der Waals surface area contributed by atoms with E-state index in [-0.39, 0.29) is 5.56 Å². The van der Waals surface area contributed by atoms with Crippen LogP contribution in [-0.4, -0.2) is 16.1 Å². The molecule has 1 heterocycles. The fraction of sp³-hybridized carbons (Fsp3) is 0.143. The van der Waals surface area contributed by atoms with Gasteiger partial charge in [-0.3, -0.25) is 4.98 Å². The van der Waals surface area contributed by atoms with Gasteiger partial charge >= 0.3 is 5.97 Å². The van der Waals surface area contributed by atoms with Crippen molar-refractivity contribution in [2.45, 2.75) is 20.4 Å². The molecule has 0 fully saturated rings. The number of carboxylic acids is 1. The predicted octanol–water partition coefficient (Wildman–Crippen LogP) is 4.73. The molecule has 1 N–H and O–H groups in total. The molecule has 4 heteroatoms. The van der Waals surface area contributed by atoms with Gasteiger partial charge in [-0.1, -0.05) is 30.3 Å². The smallest absolute Gasteiger partial charge is 0.337 e. The lowest BCUT2D eigenvalue weighted by Gasteiger charge is -2.28. The van der Waals surface area contributed by atoms with Crippen LogP contribution in [0.3, 0.4) is 0 Å². The van der Waals surface area contributed by atoms with Gasteiger partial charge in [-0.25, -0.2) is 4.79 Å². The lowest BCUT2D eigenvalue weighted by Crippen LogP contribution is -2.21. The number of pyridine rings is 1. The summed E-state index contributed by atoms with van der Waals surface area (Å²) in [5.41, 5.74) is 5.09. The summed E-state index contributed by atoms with van der Waals surface area (Å²) in [4.78, 5) is 18.1. The van der Waals surface area contributed by atoms with Crippen molar-refractivity contribution in [3.05, 3.63) is 89.2 Å². The van der Waals surface area contributed by atoms with Crippen molar-refractivity contribution in [1.29, 1.82) is 0 Å². The monoisotopic (exact) mass is 332 g/mol. The lowest BCUT2D eigenvalue weighted by atomic mass is 10.0. The van der Waals surface area contributed by atoms with E-state index in [1.807, 2.05) is 47.4 Å². The number of anilines is 2. The number of hydrogen-bond donors (Lipinski definition) is 1. The van der Waals surface area contributed by atoms with E-state index in [0.717, 1.165) is 22.5 Å². The number of hydrogen-bond acceptors (Lipinski definition) is 3. The quantitative estimate of drug-likeness (QED) is 0.733. The zero-order valence-corrected chi connectivity index (χ0v) is 14.3. The second kappa shape index (κ2) is 7.18. The van der Waals surface area contributed by atoms with E-state index in [9.17, 15) is 9.90 Å². The maximum atomic E-state index is 11.7. The molecule has 0 amide bonds. The van der Waals surface area contributed by atoms with Gasteiger partial charge < -0.3 is 10.0 Å². The van der Waals surface area contributed by atoms with E-state index in [4.69, 9.17) is 0 Å². The standard InChI is InChI=1S/C21H20N2O2/c1-15-8-7-12-19(16(15)2)23(14-17-9-5-6-13-22-17)20-11-4-3-10-18(20)21(24)25/h3-13H,14H2,1-2H3,(H,24,25). The van der Waals surface area contributed by atoms with Crippen LogP contribution in [0.5, 0.6) is 0 Å². The predicted molar refractivity (Wildman–Crippen MR) is 99.4 cm³/mol. The van der Waals surface area contributed by atoms with E-state index in [2.05, 4.69) is 24.9 Å². The number of para-hydroxylation sites is 1. The van der Waals surface area contributed by atoms with Gasteiger partial charge in [-0.15, -0.1) is 0 Å². The molecule has 0 saturated carbocycles. The first-order valence-electron chi connectivity index (χ1n) is 8.14. The highest BCUT2D eigenvalue weighted by molar-refractivity contribution is 5.95. The van der Waals surface area contributed by atoms with Crippen molar-refractivity contribution in [2.24, 2.45) is 0 Å². The molecule has 0 aliphatic rings. The van der Waals surface area contributed by atoms with Crippen molar-refractivity contribution in [3.8, 4) is 0 Å². The van der Waals surface area contributed by atoms with Gasteiger partial charge in [0.2, 0.25) is 0 Å². The molecule has 0 bridgehead atoms. The zero-order chi connectivity index (χ0) is 17.8. The zero-order valence-electron chi connectivity index (χ0n) is 14.3. The first-order valence-corrected chi connectivity index (χ1v) is 8.14. The van der Waals surface area contributed by atoms with E-state index in [1.54, 1.807) is 18.3 Å². The Morgan fingerprint density at radius 3 is 2.40 bits per heavy atom. The number of aryl methyl sites for hydroxylation is 1. The normalized spacial score (nSPS) is 10.5. The highest BCUT2D eigenvalue weighted by atomic mass is 16.4. The van der Waals surface area contributed by atoms with Crippen molar-refractivity contribution in [1.82, 2.24) is 4.98 Å². The van der Waals surface area contributed by atoms with Crippen molar-refractivity contribution in [3.63, 3.8) is 0 Å². The molecule has 25 heavy (non-hydrogen) atoms. The minimum absolute atomic E-state index is 0.277. The fourth-order valence-electron chi connectivity index (χ4n) is 2.87. The molecule has 1 aromatic heterocycles. The van der Waals surface area contributed by atoms with E-state index < -0.39 is 5.97 Å². The van der Waals surface area contributed by atoms with Gasteiger partial charge in [0.05, 0.1) is 23.5 Å². The Labute approximate surface area is 147 Å². The van der Waals surface area contributed by atoms with Crippen LogP contribution in [0.15, 0.2) is 66.9 Å². The third kappa shape index (κ3) is 3.53. The maximum Gasteiger partial charge on any atom is 0.337 e. The molecule has 0 aliphatic heterocycles. The molecule has 0 atom stereocenters. The summed E-state index contributed by atoms with van der Waals surface area (Å²) in [6.45, 7) is 4.61. The average Bonchev–Trinajstić information content (AvgIpc) is 2.63. The Morgan fingerprint density at radius 1 is 0.960 bits per heavy atom. The minimum atomic E-state index is -0.938. The van der Waals surface area contributed by atoms with Crippen LogP contribution >= 0.6 is 0 Å². The first kappa shape index (κ1) is 16.7. The van der Waals surface area contributed by atoms with Gasteiger partial charge in [0.25, 0.3) is 0 Å². The molecule has 0 aliphatic carbocycles. The Hall–Kier alpha value is -3.14. The highest BCUT2D eigenvalue weighted by Gasteiger charge is 2.19. The molecule has 0 spiro atoms. The molecule has 4 nitrogen and oxygen atoms in total. The third-order valence-electron chi connectivity index (χ3n) is 4.34. The molecule has 2 aromatic carbocycles. The number of nitrogens with zero attached hydrogens (tertiary/aromatic N) is 2. The average molecular weight is 332 g/mol. The summed E-state index contributed by atoms with van der Waals surface area (Å²) in [5.74, 6) is -0.938. The highest BCUT2D eigenvalue weighted by Crippen LogP contribution is 2.33. The molecule has 126 valence electrons. The summed E-state index contributed by atoms with van der Waals surface area (Å²) in [5, 5.41) is 9.61. The second-order valence-electron chi connectivity index (χ2n) is 5.95. The summed E-state index contributed by atoms with van der Waals surface area (Å²) in [7, 11) is 0. The van der Waals surface area contributed by atoms with Crippen molar-refractivity contribution >= 4 is 17.3 Å². The topological polar surface area (TPSA) is 53.4 Å². The van der Waals surface area contributed by atoms with Crippen molar-refractivity contribution in [2.75, 3.05) is 4.90 Å². The van der Waals surface area contributed by atoms with Crippen LogP contribution in [-0.2, 0) is 6.54 Å². The minimum Gasteiger partial charge on any atom is -0.478 e. The number of aromatic nitrogens is 1. The van der Waals surface area contributed by atoms with Crippen LogP contribution in [0.25, 0.3) is 0 Å². The Kier molecular flexibility index (Phi) is 4.80. The Bertz CT molecular complexity index is 891. The van der Waals surface area contributed by atoms with Gasteiger partial charge in [0.15, 0.2) is 0 Å². The Balaban J connectivity index is 2.16. The van der Waals surface area contributed by atoms with Crippen LogP contribution in [0.1, 0.15) is 27.2 Å². The van der Waals surface area contributed by atoms with Gasteiger partial charge in [-0.2, -0.15) is 0 Å². The number of aromatic carboxylic acids is 1. The summed E-state index contributed by atoms with van der Waals surface area (Å²) in [6, 6.07) is 18.9. The molecule has 0 radical (unpaired) electrons. The SMILES string of the molecule is Cc1cccc(N(Cc2ccccn2)c2ccccc2C(=O)O)c1C. The van der Waals surface area contributed by atoms with E-state index in [1.165, 1.54) is 0 Å². The van der Waals surface area contributed by atoms with Crippen molar-refractivity contribution < 1.29 is 9.90 Å². The van der Waals surface area contributed by atoms with Gasteiger partial charge in [0, 0.05) is 11.9 Å². The second-order valence-corrected chi connectivity index (χ2v) is 5.95. The third-order valence-corrected chi connectivity index (χ3v) is 4.34. The summed E-state index contributed by atoms with van der Waals surface area (Å²) in [6.07, 6.45) is 1.75. The summed E-state index contributed by atoms with van der Waals surface area (Å²) >= 11 is 0. The number of carboxylic acid groups (broad SMARTS) is 1. The van der Waals surface area contributed by atoms with E-state index >= 15 is 0 Å². The van der Waals surface area contributed by atoms with Crippen LogP contribution < -0.4 is 4.90 Å². The lowest BCUT2D eigenvalue weighted by molar-refractivity contribution is 0.0697. The first-order chi connectivity index (χ1) is 12.1. The number of carbonyl (C=O) groups is 1. The maximum absolute atomic E-state index is 11.7. The number of benzene rings is 2. The van der Waals surface area contributed by atoms with Crippen LogP contribution in [0.2, 0.25) is 0 Å². The molecule has 0 unspecified atom stereocenters.